The molecule has 3 heteroatoms. The highest BCUT2D eigenvalue weighted by molar-refractivity contribution is 5.79. The fourth-order valence-electron chi connectivity index (χ4n) is 3.70. The fraction of sp³-hybridized carbons (Fsp3) is 0.296. The molecule has 0 bridgehead atoms. The molecular formula is C27H29FNO. The summed E-state index contributed by atoms with van der Waals surface area (Å²) in [7, 11) is 0. The molecule has 2 nitrogen and oxygen atoms in total. The van der Waals surface area contributed by atoms with Gasteiger partial charge in [0.2, 0.25) is 0 Å². The monoisotopic (exact) mass is 402 g/mol. The van der Waals surface area contributed by atoms with Crippen LogP contribution in [0.2, 0.25) is 0 Å². The first kappa shape index (κ1) is 21.9. The molecule has 0 amide bonds. The summed E-state index contributed by atoms with van der Waals surface area (Å²) < 4.78 is 19.7. The Morgan fingerprint density at radius 2 is 1.53 bits per heavy atom. The largest absolute Gasteiger partial charge is 0.372 e. The van der Waals surface area contributed by atoms with Crippen LogP contribution < -0.4 is 0 Å². The van der Waals surface area contributed by atoms with Gasteiger partial charge in [-0.3, -0.25) is 4.98 Å². The molecule has 2 aromatic carbocycles. The average molecular weight is 403 g/mol. The molecule has 0 saturated heterocycles. The lowest BCUT2D eigenvalue weighted by atomic mass is 9.87. The van der Waals surface area contributed by atoms with Gasteiger partial charge in [0.05, 0.1) is 18.9 Å². The summed E-state index contributed by atoms with van der Waals surface area (Å²) >= 11 is 0. The molecule has 155 valence electrons. The second kappa shape index (κ2) is 9.82. The highest BCUT2D eigenvalue weighted by Crippen LogP contribution is 2.37. The van der Waals surface area contributed by atoms with Crippen LogP contribution in [0.3, 0.4) is 0 Å². The van der Waals surface area contributed by atoms with Crippen LogP contribution in [0.5, 0.6) is 0 Å². The second-order valence-electron chi connectivity index (χ2n) is 8.11. The maximum Gasteiger partial charge on any atom is 0.123 e. The second-order valence-corrected chi connectivity index (χ2v) is 8.11. The Bertz CT molecular complexity index is 992. The van der Waals surface area contributed by atoms with Gasteiger partial charge in [0.25, 0.3) is 0 Å². The molecule has 0 fully saturated rings. The van der Waals surface area contributed by atoms with Crippen molar-refractivity contribution in [1.29, 1.82) is 0 Å². The molecule has 0 spiro atoms. The maximum absolute atomic E-state index is 13.6. The summed E-state index contributed by atoms with van der Waals surface area (Å²) in [5, 5.41) is 0. The minimum Gasteiger partial charge on any atom is -0.372 e. The van der Waals surface area contributed by atoms with Crippen molar-refractivity contribution in [3.05, 3.63) is 95.1 Å². The van der Waals surface area contributed by atoms with Crippen molar-refractivity contribution >= 4 is 6.08 Å². The van der Waals surface area contributed by atoms with Crippen molar-refractivity contribution < 1.29 is 9.13 Å². The van der Waals surface area contributed by atoms with E-state index in [2.05, 4.69) is 27.7 Å². The fourth-order valence-corrected chi connectivity index (χ4v) is 3.70. The molecule has 1 aromatic heterocycles. The number of benzene rings is 2. The molecule has 30 heavy (non-hydrogen) atoms. The van der Waals surface area contributed by atoms with E-state index in [0.29, 0.717) is 13.2 Å². The Kier molecular flexibility index (Phi) is 7.17. The molecular weight excluding hydrogens is 373 g/mol. The maximum atomic E-state index is 13.6. The van der Waals surface area contributed by atoms with Gasteiger partial charge in [-0.05, 0) is 40.7 Å². The zero-order valence-electron chi connectivity index (χ0n) is 18.2. The van der Waals surface area contributed by atoms with Gasteiger partial charge in [0.1, 0.15) is 5.82 Å². The Balaban J connectivity index is 2.13. The first-order chi connectivity index (χ1) is 14.4. The third kappa shape index (κ3) is 4.85. The Morgan fingerprint density at radius 3 is 2.10 bits per heavy atom. The Morgan fingerprint density at radius 1 is 0.900 bits per heavy atom. The third-order valence-corrected chi connectivity index (χ3v) is 5.15. The molecule has 1 heterocycles. The van der Waals surface area contributed by atoms with Gasteiger partial charge in [0, 0.05) is 16.8 Å². The summed E-state index contributed by atoms with van der Waals surface area (Å²) in [6.45, 7) is 15.5. The van der Waals surface area contributed by atoms with Crippen molar-refractivity contribution in [2.75, 3.05) is 0 Å². The van der Waals surface area contributed by atoms with E-state index in [0.717, 1.165) is 39.2 Å². The molecule has 1 radical (unpaired) electrons. The number of halogens is 1. The van der Waals surface area contributed by atoms with E-state index in [1.54, 1.807) is 18.2 Å². The molecule has 0 N–H and O–H groups in total. The highest BCUT2D eigenvalue weighted by Gasteiger charge is 2.22. The highest BCUT2D eigenvalue weighted by atomic mass is 19.1. The third-order valence-electron chi connectivity index (χ3n) is 5.15. The summed E-state index contributed by atoms with van der Waals surface area (Å²) in [4.78, 5) is 5.01. The van der Waals surface area contributed by atoms with Crippen LogP contribution in [0, 0.1) is 12.4 Å². The number of aromatic nitrogens is 1. The van der Waals surface area contributed by atoms with Gasteiger partial charge >= 0.3 is 0 Å². The molecule has 0 aliphatic heterocycles. The first-order valence-electron chi connectivity index (χ1n) is 10.4. The lowest BCUT2D eigenvalue weighted by Crippen LogP contribution is -2.11. The number of pyridine rings is 1. The number of hydrogen-bond acceptors (Lipinski definition) is 2. The lowest BCUT2D eigenvalue weighted by molar-refractivity contribution is 0.106. The van der Waals surface area contributed by atoms with E-state index in [4.69, 9.17) is 16.3 Å². The van der Waals surface area contributed by atoms with E-state index < -0.39 is 0 Å². The summed E-state index contributed by atoms with van der Waals surface area (Å²) in [5.74, 6) is 0.153. The lowest BCUT2D eigenvalue weighted by Gasteiger charge is -2.23. The van der Waals surface area contributed by atoms with Gasteiger partial charge in [-0.2, -0.15) is 0 Å². The zero-order chi connectivity index (χ0) is 21.7. The van der Waals surface area contributed by atoms with Crippen LogP contribution in [0.1, 0.15) is 67.6 Å². The summed E-state index contributed by atoms with van der Waals surface area (Å²) in [6.07, 6.45) is 1.62. The van der Waals surface area contributed by atoms with Gasteiger partial charge in [-0.15, -0.1) is 0 Å². The predicted octanol–water partition coefficient (Wildman–Crippen LogP) is 7.30. The van der Waals surface area contributed by atoms with E-state index in [1.165, 1.54) is 12.1 Å². The van der Waals surface area contributed by atoms with Crippen LogP contribution in [-0.4, -0.2) is 4.98 Å². The van der Waals surface area contributed by atoms with E-state index in [9.17, 15) is 4.39 Å². The Hall–Kier alpha value is -2.78. The normalized spacial score (nSPS) is 11.3. The van der Waals surface area contributed by atoms with Crippen LogP contribution in [0.15, 0.2) is 54.6 Å². The van der Waals surface area contributed by atoms with Crippen molar-refractivity contribution in [2.45, 2.75) is 52.7 Å². The molecule has 0 aliphatic rings. The van der Waals surface area contributed by atoms with Gasteiger partial charge in [0.15, 0.2) is 0 Å². The first-order valence-corrected chi connectivity index (χ1v) is 10.4. The van der Waals surface area contributed by atoms with Crippen molar-refractivity contribution in [2.24, 2.45) is 0 Å². The Labute approximate surface area is 179 Å². The standard InChI is InChI=1S/C27H29FNO/c1-6-23-25(21-12-14-22(28)15-13-21)24(17-30-16-20-10-8-7-9-11-20)27(19(4)5)29-26(23)18(2)3/h1,6-15,18-19H,16-17H2,2-5H3. The van der Waals surface area contributed by atoms with Crippen molar-refractivity contribution in [3.63, 3.8) is 0 Å². The number of nitrogens with zero attached hydrogens (tertiary/aromatic N) is 1. The van der Waals surface area contributed by atoms with Crippen LogP contribution in [-0.2, 0) is 18.0 Å². The van der Waals surface area contributed by atoms with Gasteiger partial charge < -0.3 is 4.74 Å². The summed E-state index contributed by atoms with van der Waals surface area (Å²) in [6, 6.07) is 16.6. The van der Waals surface area contributed by atoms with Gasteiger partial charge in [-0.1, -0.05) is 82.8 Å². The van der Waals surface area contributed by atoms with E-state index in [1.807, 2.05) is 30.3 Å². The SMILES string of the molecule is [CH]=Cc1c(C(C)C)nc(C(C)C)c(COCc2ccccc2)c1-c1ccc(F)cc1. The topological polar surface area (TPSA) is 22.1 Å². The molecule has 0 aliphatic carbocycles. The minimum absolute atomic E-state index is 0.204. The molecule has 0 atom stereocenters. The van der Waals surface area contributed by atoms with E-state index >= 15 is 0 Å². The van der Waals surface area contributed by atoms with Crippen LogP contribution >= 0.6 is 0 Å². The number of hydrogen-bond donors (Lipinski definition) is 0. The molecule has 3 rings (SSSR count). The van der Waals surface area contributed by atoms with E-state index in [-0.39, 0.29) is 17.7 Å². The van der Waals surface area contributed by atoms with Gasteiger partial charge in [-0.25, -0.2) is 4.39 Å². The molecule has 0 unspecified atom stereocenters. The number of ether oxygens (including phenoxy) is 1. The average Bonchev–Trinajstić information content (AvgIpc) is 2.74. The molecule has 0 saturated carbocycles. The molecule has 3 aromatic rings. The van der Waals surface area contributed by atoms with Crippen LogP contribution in [0.4, 0.5) is 4.39 Å². The number of rotatable bonds is 8. The zero-order valence-corrected chi connectivity index (χ0v) is 18.2. The predicted molar refractivity (Wildman–Crippen MR) is 122 cm³/mol. The van der Waals surface area contributed by atoms with Crippen LogP contribution in [0.25, 0.3) is 17.2 Å². The smallest absolute Gasteiger partial charge is 0.123 e. The quantitative estimate of drug-likeness (QED) is 0.394. The summed E-state index contributed by atoms with van der Waals surface area (Å²) in [5.41, 5.74) is 6.85. The minimum atomic E-state index is -0.263. The van der Waals surface area contributed by atoms with Crippen molar-refractivity contribution in [3.8, 4) is 11.1 Å². The van der Waals surface area contributed by atoms with Crippen molar-refractivity contribution in [1.82, 2.24) is 4.98 Å².